The van der Waals surface area contributed by atoms with E-state index in [1.165, 1.54) is 5.75 Å². The molecule has 1 aliphatic heterocycles. The van der Waals surface area contributed by atoms with E-state index in [-0.39, 0.29) is 0 Å². The second-order valence-corrected chi connectivity index (χ2v) is 3.10. The molecule has 1 aromatic rings. The Balaban J connectivity index is 2.39. The molecule has 0 aliphatic carbocycles. The first-order valence-electron chi connectivity index (χ1n) is 2.91. The van der Waals surface area contributed by atoms with E-state index in [4.69, 9.17) is 0 Å². The second-order valence-electron chi connectivity index (χ2n) is 1.99. The summed E-state index contributed by atoms with van der Waals surface area (Å²) in [4.78, 5) is 0. The highest BCUT2D eigenvalue weighted by molar-refractivity contribution is 7.98. The Morgan fingerprint density at radius 3 is 3.56 bits per heavy atom. The molecular formula is C5H7N3S. The standard InChI is InChI=1S/C5H7N3S/c1-2-9-3-5-7-6-4-8(1)5/h4H,1-3H2. The SMILES string of the molecule is c1nnc2n1CCSC2. The lowest BCUT2D eigenvalue weighted by Crippen LogP contribution is -2.09. The van der Waals surface area contributed by atoms with Gasteiger partial charge in [-0.05, 0) is 0 Å². The summed E-state index contributed by atoms with van der Waals surface area (Å²) in [5.41, 5.74) is 0. The van der Waals surface area contributed by atoms with Crippen LogP contribution in [0.25, 0.3) is 0 Å². The van der Waals surface area contributed by atoms with E-state index in [0.717, 1.165) is 18.1 Å². The fourth-order valence-corrected chi connectivity index (χ4v) is 1.78. The summed E-state index contributed by atoms with van der Waals surface area (Å²) in [6.07, 6.45) is 1.80. The molecule has 48 valence electrons. The molecule has 0 unspecified atom stereocenters. The molecule has 0 fully saturated rings. The van der Waals surface area contributed by atoms with Gasteiger partial charge in [-0.1, -0.05) is 0 Å². The van der Waals surface area contributed by atoms with Crippen molar-refractivity contribution >= 4 is 11.8 Å². The highest BCUT2D eigenvalue weighted by atomic mass is 32.2. The lowest BCUT2D eigenvalue weighted by molar-refractivity contribution is 0.717. The maximum absolute atomic E-state index is 3.95. The van der Waals surface area contributed by atoms with Gasteiger partial charge in [-0.3, -0.25) is 0 Å². The smallest absolute Gasteiger partial charge is 0.142 e. The van der Waals surface area contributed by atoms with Crippen LogP contribution in [-0.2, 0) is 12.3 Å². The van der Waals surface area contributed by atoms with Gasteiger partial charge in [-0.25, -0.2) is 0 Å². The predicted molar refractivity (Wildman–Crippen MR) is 36.2 cm³/mol. The number of aromatic nitrogens is 3. The maximum Gasteiger partial charge on any atom is 0.142 e. The Kier molecular flexibility index (Phi) is 1.19. The summed E-state index contributed by atoms with van der Waals surface area (Å²) in [6.45, 7) is 1.08. The third-order valence-electron chi connectivity index (χ3n) is 1.40. The molecule has 0 radical (unpaired) electrons. The molecule has 2 heterocycles. The number of thioether (sulfide) groups is 1. The van der Waals surface area contributed by atoms with Gasteiger partial charge in [0.2, 0.25) is 0 Å². The van der Waals surface area contributed by atoms with Crippen molar-refractivity contribution in [1.82, 2.24) is 14.8 Å². The molecule has 0 bridgehead atoms. The lowest BCUT2D eigenvalue weighted by Gasteiger charge is -2.10. The van der Waals surface area contributed by atoms with E-state index in [2.05, 4.69) is 14.8 Å². The summed E-state index contributed by atoms with van der Waals surface area (Å²) in [7, 11) is 0. The van der Waals surface area contributed by atoms with Crippen molar-refractivity contribution in [3.05, 3.63) is 12.2 Å². The van der Waals surface area contributed by atoms with E-state index < -0.39 is 0 Å². The molecule has 0 atom stereocenters. The van der Waals surface area contributed by atoms with Crippen molar-refractivity contribution < 1.29 is 0 Å². The van der Waals surface area contributed by atoms with Crippen molar-refractivity contribution in [2.45, 2.75) is 12.3 Å². The minimum absolute atomic E-state index is 1.03. The van der Waals surface area contributed by atoms with Gasteiger partial charge < -0.3 is 4.57 Å². The Bertz CT molecular complexity index is 187. The van der Waals surface area contributed by atoms with Gasteiger partial charge >= 0.3 is 0 Å². The van der Waals surface area contributed by atoms with Gasteiger partial charge in [-0.2, -0.15) is 11.8 Å². The quantitative estimate of drug-likeness (QED) is 0.528. The van der Waals surface area contributed by atoms with Crippen LogP contribution >= 0.6 is 11.8 Å². The van der Waals surface area contributed by atoms with E-state index in [1.807, 2.05) is 11.8 Å². The van der Waals surface area contributed by atoms with Crippen molar-refractivity contribution in [3.63, 3.8) is 0 Å². The summed E-state index contributed by atoms with van der Waals surface area (Å²) in [6, 6.07) is 0. The zero-order valence-corrected chi connectivity index (χ0v) is 5.77. The van der Waals surface area contributed by atoms with Crippen molar-refractivity contribution in [3.8, 4) is 0 Å². The molecule has 9 heavy (non-hydrogen) atoms. The number of aryl methyl sites for hydroxylation is 1. The van der Waals surface area contributed by atoms with Crippen molar-refractivity contribution in [1.29, 1.82) is 0 Å². The molecule has 0 N–H and O–H groups in total. The predicted octanol–water partition coefficient (Wildman–Crippen LogP) is 0.525. The monoisotopic (exact) mass is 141 g/mol. The summed E-state index contributed by atoms with van der Waals surface area (Å²) < 4.78 is 2.11. The van der Waals surface area contributed by atoms with Crippen LogP contribution in [0.4, 0.5) is 0 Å². The summed E-state index contributed by atoms with van der Waals surface area (Å²) in [5, 5.41) is 7.75. The Hall–Kier alpha value is -0.510. The van der Waals surface area contributed by atoms with Gasteiger partial charge in [0, 0.05) is 12.3 Å². The van der Waals surface area contributed by atoms with Gasteiger partial charge in [0.1, 0.15) is 12.2 Å². The molecule has 1 aromatic heterocycles. The average Bonchev–Trinajstić information content (AvgIpc) is 2.33. The van der Waals surface area contributed by atoms with Crippen LogP contribution in [0.3, 0.4) is 0 Å². The summed E-state index contributed by atoms with van der Waals surface area (Å²) in [5.74, 6) is 3.34. The van der Waals surface area contributed by atoms with Crippen LogP contribution in [0.2, 0.25) is 0 Å². The minimum Gasteiger partial charge on any atom is -0.316 e. The van der Waals surface area contributed by atoms with Crippen LogP contribution in [0.15, 0.2) is 6.33 Å². The molecular weight excluding hydrogens is 134 g/mol. The topological polar surface area (TPSA) is 30.7 Å². The molecule has 0 spiro atoms. The second kappa shape index (κ2) is 2.02. The van der Waals surface area contributed by atoms with Gasteiger partial charge in [0.15, 0.2) is 0 Å². The van der Waals surface area contributed by atoms with E-state index in [0.29, 0.717) is 0 Å². The molecule has 4 heteroatoms. The Morgan fingerprint density at radius 1 is 1.67 bits per heavy atom. The highest BCUT2D eigenvalue weighted by Gasteiger charge is 2.08. The first-order chi connectivity index (χ1) is 4.47. The fourth-order valence-electron chi connectivity index (χ4n) is 0.904. The number of rotatable bonds is 0. The molecule has 3 nitrogen and oxygen atoms in total. The lowest BCUT2D eigenvalue weighted by atomic mass is 10.6. The van der Waals surface area contributed by atoms with Crippen LogP contribution in [0.1, 0.15) is 5.82 Å². The van der Waals surface area contributed by atoms with Crippen LogP contribution < -0.4 is 0 Å². The zero-order valence-electron chi connectivity index (χ0n) is 4.95. The molecule has 0 saturated heterocycles. The number of fused-ring (bicyclic) bond motifs is 1. The first-order valence-corrected chi connectivity index (χ1v) is 4.07. The Labute approximate surface area is 57.5 Å². The maximum atomic E-state index is 3.95. The highest BCUT2D eigenvalue weighted by Crippen LogP contribution is 2.15. The van der Waals surface area contributed by atoms with Crippen LogP contribution in [-0.4, -0.2) is 20.5 Å². The molecule has 0 amide bonds. The third-order valence-corrected chi connectivity index (χ3v) is 2.34. The van der Waals surface area contributed by atoms with E-state index in [9.17, 15) is 0 Å². The average molecular weight is 141 g/mol. The summed E-state index contributed by atoms with van der Waals surface area (Å²) >= 11 is 1.92. The van der Waals surface area contributed by atoms with Crippen LogP contribution in [0.5, 0.6) is 0 Å². The number of nitrogens with zero attached hydrogens (tertiary/aromatic N) is 3. The number of hydrogen-bond donors (Lipinski definition) is 0. The van der Waals surface area contributed by atoms with Crippen LogP contribution in [0, 0.1) is 0 Å². The molecule has 0 aromatic carbocycles. The fraction of sp³-hybridized carbons (Fsp3) is 0.600. The first kappa shape index (κ1) is 5.29. The van der Waals surface area contributed by atoms with Crippen molar-refractivity contribution in [2.75, 3.05) is 5.75 Å². The van der Waals surface area contributed by atoms with Gasteiger partial charge in [-0.15, -0.1) is 10.2 Å². The van der Waals surface area contributed by atoms with Gasteiger partial charge in [0.05, 0.1) is 5.75 Å². The number of hydrogen-bond acceptors (Lipinski definition) is 3. The minimum atomic E-state index is 1.03. The molecule has 2 rings (SSSR count). The Morgan fingerprint density at radius 2 is 2.67 bits per heavy atom. The molecule has 0 saturated carbocycles. The third kappa shape index (κ3) is 0.830. The van der Waals surface area contributed by atoms with E-state index in [1.54, 1.807) is 6.33 Å². The van der Waals surface area contributed by atoms with E-state index >= 15 is 0 Å². The van der Waals surface area contributed by atoms with Gasteiger partial charge in [0.25, 0.3) is 0 Å². The largest absolute Gasteiger partial charge is 0.316 e. The zero-order chi connectivity index (χ0) is 6.10. The van der Waals surface area contributed by atoms with Crippen molar-refractivity contribution in [2.24, 2.45) is 0 Å². The molecule has 1 aliphatic rings. The normalized spacial score (nSPS) is 17.3.